The Morgan fingerprint density at radius 3 is 2.92 bits per heavy atom. The van der Waals surface area contributed by atoms with E-state index in [-0.39, 0.29) is 5.91 Å². The normalized spacial score (nSPS) is 10.2. The molecule has 0 saturated heterocycles. The molecule has 124 valence electrons. The van der Waals surface area contributed by atoms with E-state index >= 15 is 0 Å². The summed E-state index contributed by atoms with van der Waals surface area (Å²) in [6.45, 7) is 1.47. The number of nitrogens with zero attached hydrogens (tertiary/aromatic N) is 3. The number of nitrogens with one attached hydrogen (secondary N) is 2. The van der Waals surface area contributed by atoms with Gasteiger partial charge in [-0.05, 0) is 23.8 Å². The first kappa shape index (κ1) is 16.7. The fourth-order valence-corrected chi connectivity index (χ4v) is 3.09. The van der Waals surface area contributed by atoms with Crippen molar-refractivity contribution in [3.8, 4) is 17.5 Å². The van der Waals surface area contributed by atoms with Crippen molar-refractivity contribution in [1.29, 1.82) is 5.26 Å². The number of benzene rings is 2. The molecule has 3 rings (SSSR count). The first-order valence-corrected chi connectivity index (χ1v) is 8.55. The Morgan fingerprint density at radius 2 is 2.12 bits per heavy atom. The highest BCUT2D eigenvalue weighted by molar-refractivity contribution is 7.98. The molecule has 6 nitrogen and oxygen atoms in total. The third kappa shape index (κ3) is 4.25. The van der Waals surface area contributed by atoms with Crippen LogP contribution in [0.5, 0.6) is 0 Å². The van der Waals surface area contributed by atoms with Crippen LogP contribution >= 0.6 is 11.8 Å². The first-order valence-electron chi connectivity index (χ1n) is 7.57. The summed E-state index contributed by atoms with van der Waals surface area (Å²) in [5, 5.41) is 19.6. The summed E-state index contributed by atoms with van der Waals surface area (Å²) in [5.74, 6) is 1.12. The van der Waals surface area contributed by atoms with Gasteiger partial charge in [0.05, 0.1) is 11.6 Å². The van der Waals surface area contributed by atoms with Crippen molar-refractivity contribution >= 4 is 23.4 Å². The Labute approximate surface area is 149 Å². The van der Waals surface area contributed by atoms with Gasteiger partial charge in [-0.15, -0.1) is 5.10 Å². The number of hydrogen-bond acceptors (Lipinski definition) is 5. The van der Waals surface area contributed by atoms with E-state index in [0.717, 1.165) is 11.1 Å². The molecule has 0 saturated carbocycles. The fourth-order valence-electron chi connectivity index (χ4n) is 2.29. The Bertz CT molecular complexity index is 944. The molecule has 3 aromatic rings. The summed E-state index contributed by atoms with van der Waals surface area (Å²) >= 11 is 1.46. The molecular formula is C18H15N5OS. The highest BCUT2D eigenvalue weighted by atomic mass is 32.2. The van der Waals surface area contributed by atoms with Gasteiger partial charge >= 0.3 is 0 Å². The number of aromatic nitrogens is 3. The van der Waals surface area contributed by atoms with Gasteiger partial charge in [0.1, 0.15) is 0 Å². The van der Waals surface area contributed by atoms with E-state index in [0.29, 0.717) is 28.0 Å². The van der Waals surface area contributed by atoms with E-state index in [2.05, 4.69) is 26.6 Å². The molecule has 1 heterocycles. The van der Waals surface area contributed by atoms with Crippen LogP contribution in [0.15, 0.2) is 53.7 Å². The highest BCUT2D eigenvalue weighted by Gasteiger charge is 2.09. The van der Waals surface area contributed by atoms with E-state index in [1.807, 2.05) is 42.5 Å². The number of anilines is 1. The minimum absolute atomic E-state index is 0.123. The SMILES string of the molecule is CC(=O)Nc1cccc(-c2nc(SCc3ccccc3C#N)n[nH]2)c1. The molecule has 1 aromatic heterocycles. The van der Waals surface area contributed by atoms with Gasteiger partial charge in [-0.3, -0.25) is 9.89 Å². The van der Waals surface area contributed by atoms with Crippen molar-refractivity contribution in [1.82, 2.24) is 15.2 Å². The van der Waals surface area contributed by atoms with Crippen LogP contribution < -0.4 is 5.32 Å². The van der Waals surface area contributed by atoms with Crippen molar-refractivity contribution in [3.05, 3.63) is 59.7 Å². The van der Waals surface area contributed by atoms with Crippen LogP contribution in [0.1, 0.15) is 18.1 Å². The number of H-pyrrole nitrogens is 1. The molecule has 0 aliphatic carbocycles. The summed E-state index contributed by atoms with van der Waals surface area (Å²) in [7, 11) is 0. The molecule has 0 spiro atoms. The average molecular weight is 349 g/mol. The molecule has 0 aliphatic heterocycles. The number of carbonyl (C=O) groups is 1. The van der Waals surface area contributed by atoms with Gasteiger partial charge in [-0.2, -0.15) is 5.26 Å². The standard InChI is InChI=1S/C18H15N5OS/c1-12(24)20-16-8-4-7-13(9-16)17-21-18(23-22-17)25-11-15-6-3-2-5-14(15)10-19/h2-9H,11H2,1H3,(H,20,24)(H,21,22,23). The van der Waals surface area contributed by atoms with Crippen LogP contribution in [0.3, 0.4) is 0 Å². The minimum Gasteiger partial charge on any atom is -0.326 e. The molecule has 0 fully saturated rings. The highest BCUT2D eigenvalue weighted by Crippen LogP contribution is 2.25. The second kappa shape index (κ2) is 7.64. The van der Waals surface area contributed by atoms with Crippen molar-refractivity contribution in [2.45, 2.75) is 17.8 Å². The van der Waals surface area contributed by atoms with Crippen molar-refractivity contribution < 1.29 is 4.79 Å². The number of amides is 1. The molecule has 0 unspecified atom stereocenters. The van der Waals surface area contributed by atoms with E-state index in [1.165, 1.54) is 18.7 Å². The lowest BCUT2D eigenvalue weighted by Gasteiger charge is -2.03. The average Bonchev–Trinajstić information content (AvgIpc) is 3.09. The van der Waals surface area contributed by atoms with Crippen LogP contribution in [-0.2, 0) is 10.5 Å². The number of thioether (sulfide) groups is 1. The van der Waals surface area contributed by atoms with Crippen LogP contribution in [0.25, 0.3) is 11.4 Å². The van der Waals surface area contributed by atoms with Gasteiger partial charge in [0.2, 0.25) is 11.1 Å². The molecule has 7 heteroatoms. The minimum atomic E-state index is -0.123. The van der Waals surface area contributed by atoms with Crippen molar-refractivity contribution in [2.75, 3.05) is 5.32 Å². The number of carbonyl (C=O) groups excluding carboxylic acids is 1. The molecule has 0 bridgehead atoms. The Hall–Kier alpha value is -3.11. The zero-order valence-electron chi connectivity index (χ0n) is 13.5. The predicted molar refractivity (Wildman–Crippen MR) is 96.8 cm³/mol. The molecule has 2 N–H and O–H groups in total. The molecule has 0 radical (unpaired) electrons. The van der Waals surface area contributed by atoms with E-state index in [4.69, 9.17) is 5.26 Å². The number of nitriles is 1. The smallest absolute Gasteiger partial charge is 0.221 e. The van der Waals surface area contributed by atoms with Crippen LogP contribution in [0.2, 0.25) is 0 Å². The lowest BCUT2D eigenvalue weighted by molar-refractivity contribution is -0.114. The van der Waals surface area contributed by atoms with E-state index in [9.17, 15) is 4.79 Å². The zero-order valence-corrected chi connectivity index (χ0v) is 14.3. The third-order valence-electron chi connectivity index (χ3n) is 3.42. The topological polar surface area (TPSA) is 94.5 Å². The summed E-state index contributed by atoms with van der Waals surface area (Å²) in [5.41, 5.74) is 3.16. The summed E-state index contributed by atoms with van der Waals surface area (Å²) in [6, 6.07) is 17.1. The van der Waals surface area contributed by atoms with Gasteiger partial charge in [0.15, 0.2) is 5.82 Å². The van der Waals surface area contributed by atoms with Crippen molar-refractivity contribution in [2.24, 2.45) is 0 Å². The predicted octanol–water partition coefficient (Wildman–Crippen LogP) is 3.59. The first-order chi connectivity index (χ1) is 12.2. The van der Waals surface area contributed by atoms with E-state index < -0.39 is 0 Å². The van der Waals surface area contributed by atoms with Gasteiger partial charge in [0.25, 0.3) is 0 Å². The summed E-state index contributed by atoms with van der Waals surface area (Å²) < 4.78 is 0. The number of aromatic amines is 1. The lowest BCUT2D eigenvalue weighted by atomic mass is 10.1. The molecule has 0 atom stereocenters. The van der Waals surface area contributed by atoms with Gasteiger partial charge in [-0.25, -0.2) is 4.98 Å². The second-order valence-electron chi connectivity index (χ2n) is 5.29. The molecule has 1 amide bonds. The number of rotatable bonds is 5. The fraction of sp³-hybridized carbons (Fsp3) is 0.111. The largest absolute Gasteiger partial charge is 0.326 e. The van der Waals surface area contributed by atoms with Gasteiger partial charge in [0, 0.05) is 23.9 Å². The van der Waals surface area contributed by atoms with Crippen LogP contribution in [0, 0.1) is 11.3 Å². The lowest BCUT2D eigenvalue weighted by Crippen LogP contribution is -2.05. The number of hydrogen-bond donors (Lipinski definition) is 2. The maximum Gasteiger partial charge on any atom is 0.221 e. The molecule has 0 aliphatic rings. The van der Waals surface area contributed by atoms with Gasteiger partial charge < -0.3 is 5.32 Å². The monoisotopic (exact) mass is 349 g/mol. The maximum atomic E-state index is 11.2. The third-order valence-corrected chi connectivity index (χ3v) is 4.31. The van der Waals surface area contributed by atoms with E-state index in [1.54, 1.807) is 6.07 Å². The molecule has 25 heavy (non-hydrogen) atoms. The van der Waals surface area contributed by atoms with Crippen LogP contribution in [0.4, 0.5) is 5.69 Å². The van der Waals surface area contributed by atoms with Crippen molar-refractivity contribution in [3.63, 3.8) is 0 Å². The summed E-state index contributed by atoms with van der Waals surface area (Å²) in [6.07, 6.45) is 0. The Kier molecular flexibility index (Phi) is 5.11. The maximum absolute atomic E-state index is 11.2. The summed E-state index contributed by atoms with van der Waals surface area (Å²) in [4.78, 5) is 15.6. The zero-order chi connectivity index (χ0) is 17.6. The molecular weight excluding hydrogens is 334 g/mol. The Morgan fingerprint density at radius 1 is 1.28 bits per heavy atom. The quantitative estimate of drug-likeness (QED) is 0.686. The van der Waals surface area contributed by atoms with Crippen LogP contribution in [-0.4, -0.2) is 21.1 Å². The second-order valence-corrected chi connectivity index (χ2v) is 6.23. The Balaban J connectivity index is 1.72. The van der Waals surface area contributed by atoms with Gasteiger partial charge in [-0.1, -0.05) is 42.1 Å². The molecule has 2 aromatic carbocycles.